The van der Waals surface area contributed by atoms with Crippen LogP contribution in [0.2, 0.25) is 0 Å². The predicted molar refractivity (Wildman–Crippen MR) is 126 cm³/mol. The smallest absolute Gasteiger partial charge is 0.257 e. The van der Waals surface area contributed by atoms with E-state index in [-0.39, 0.29) is 25.2 Å². The predicted octanol–water partition coefficient (Wildman–Crippen LogP) is 4.36. The second-order valence-corrected chi connectivity index (χ2v) is 7.98. The highest BCUT2D eigenvalue weighted by molar-refractivity contribution is 7.18. The molecule has 0 fully saturated rings. The zero-order valence-corrected chi connectivity index (χ0v) is 18.7. The van der Waals surface area contributed by atoms with Gasteiger partial charge in [-0.05, 0) is 42.8 Å². The second kappa shape index (κ2) is 10.7. The van der Waals surface area contributed by atoms with Gasteiger partial charge in [0.2, 0.25) is 5.13 Å². The monoisotopic (exact) mass is 462 g/mol. The van der Waals surface area contributed by atoms with Gasteiger partial charge in [0.05, 0.1) is 6.61 Å². The normalized spacial score (nSPS) is 11.6. The molecule has 2 N–H and O–H groups in total. The van der Waals surface area contributed by atoms with Crippen LogP contribution < -0.4 is 14.8 Å². The van der Waals surface area contributed by atoms with Crippen LogP contribution in [0.3, 0.4) is 0 Å². The third-order valence-corrected chi connectivity index (χ3v) is 5.59. The number of amides is 1. The summed E-state index contributed by atoms with van der Waals surface area (Å²) in [6.07, 6.45) is 3.12. The summed E-state index contributed by atoms with van der Waals surface area (Å²) in [5.41, 5.74) is 2.24. The Morgan fingerprint density at radius 3 is 2.61 bits per heavy atom. The molecule has 9 heteroatoms. The van der Waals surface area contributed by atoms with Crippen molar-refractivity contribution in [1.82, 2.24) is 15.2 Å². The second-order valence-electron chi connectivity index (χ2n) is 7.01. The summed E-state index contributed by atoms with van der Waals surface area (Å²) in [4.78, 5) is 16.8. The number of nitrogens with zero attached hydrogens (tertiary/aromatic N) is 3. The highest BCUT2D eigenvalue weighted by Gasteiger charge is 2.16. The molecule has 1 amide bonds. The Labute approximate surface area is 194 Å². The van der Waals surface area contributed by atoms with Crippen LogP contribution in [0.4, 0.5) is 5.13 Å². The first-order chi connectivity index (χ1) is 16.1. The average molecular weight is 463 g/mol. The van der Waals surface area contributed by atoms with Crippen molar-refractivity contribution in [3.8, 4) is 22.1 Å². The van der Waals surface area contributed by atoms with Gasteiger partial charge in [0.15, 0.2) is 11.5 Å². The Morgan fingerprint density at radius 2 is 1.85 bits per heavy atom. The molecule has 1 unspecified atom stereocenters. The Kier molecular flexibility index (Phi) is 7.23. The molecule has 2 aromatic carbocycles. The molecular formula is C24H22N4O4S. The van der Waals surface area contributed by atoms with E-state index in [0.717, 1.165) is 11.1 Å². The van der Waals surface area contributed by atoms with Crippen LogP contribution in [0.5, 0.6) is 11.5 Å². The molecule has 4 aromatic rings. The molecule has 0 aliphatic heterocycles. The topological polar surface area (TPSA) is 106 Å². The van der Waals surface area contributed by atoms with Gasteiger partial charge in [0.1, 0.15) is 17.7 Å². The zero-order chi connectivity index (χ0) is 23.0. The maximum atomic E-state index is 12.8. The fourth-order valence-corrected chi connectivity index (χ4v) is 3.80. The highest BCUT2D eigenvalue weighted by Crippen LogP contribution is 2.33. The quantitative estimate of drug-likeness (QED) is 0.380. The lowest BCUT2D eigenvalue weighted by atomic mass is 10.1. The molecule has 0 spiro atoms. The Balaban J connectivity index is 1.50. The van der Waals surface area contributed by atoms with Gasteiger partial charge in [-0.2, -0.15) is 0 Å². The first-order valence-corrected chi connectivity index (χ1v) is 11.1. The van der Waals surface area contributed by atoms with Gasteiger partial charge in [-0.15, -0.1) is 10.2 Å². The van der Waals surface area contributed by atoms with Gasteiger partial charge in [-0.1, -0.05) is 41.7 Å². The number of carbonyl (C=O) groups is 1. The van der Waals surface area contributed by atoms with Crippen LogP contribution in [-0.4, -0.2) is 39.4 Å². The highest BCUT2D eigenvalue weighted by atomic mass is 32.1. The van der Waals surface area contributed by atoms with E-state index in [2.05, 4.69) is 20.5 Å². The zero-order valence-electron chi connectivity index (χ0n) is 17.8. The number of benzene rings is 2. The molecule has 8 nitrogen and oxygen atoms in total. The van der Waals surface area contributed by atoms with Crippen molar-refractivity contribution in [3.63, 3.8) is 0 Å². The van der Waals surface area contributed by atoms with E-state index in [9.17, 15) is 9.90 Å². The van der Waals surface area contributed by atoms with Gasteiger partial charge < -0.3 is 14.6 Å². The van der Waals surface area contributed by atoms with Crippen LogP contribution in [-0.2, 0) is 0 Å². The van der Waals surface area contributed by atoms with Crippen molar-refractivity contribution in [1.29, 1.82) is 0 Å². The summed E-state index contributed by atoms with van der Waals surface area (Å²) in [5.74, 6) is 0.491. The molecule has 168 valence electrons. The lowest BCUT2D eigenvalue weighted by Gasteiger charge is -2.18. The summed E-state index contributed by atoms with van der Waals surface area (Å²) in [6, 6.07) is 18.4. The van der Waals surface area contributed by atoms with Crippen molar-refractivity contribution in [2.45, 2.75) is 13.0 Å². The van der Waals surface area contributed by atoms with Crippen LogP contribution in [0.1, 0.15) is 28.9 Å². The molecule has 0 aliphatic carbocycles. The first kappa shape index (κ1) is 22.4. The summed E-state index contributed by atoms with van der Waals surface area (Å²) < 4.78 is 11.7. The van der Waals surface area contributed by atoms with Crippen molar-refractivity contribution >= 4 is 22.4 Å². The van der Waals surface area contributed by atoms with Crippen LogP contribution in [0.15, 0.2) is 73.1 Å². The van der Waals surface area contributed by atoms with Crippen molar-refractivity contribution < 1.29 is 19.4 Å². The fraction of sp³-hybridized carbons (Fsp3) is 0.167. The minimum absolute atomic E-state index is 0.0762. The van der Waals surface area contributed by atoms with Gasteiger partial charge in [-0.25, -0.2) is 0 Å². The molecule has 0 bridgehead atoms. The standard InChI is InChI=1S/C24H22N4O4S/c1-16(17-5-3-2-4-6-17)32-20-8-7-19(15-21(20)31-14-13-29)22(30)26-24-28-27-23(33-24)18-9-11-25-12-10-18/h2-12,15-16,29H,13-14H2,1H3,(H,26,28,30). The van der Waals surface area contributed by atoms with E-state index in [1.807, 2.05) is 49.4 Å². The van der Waals surface area contributed by atoms with E-state index in [1.54, 1.807) is 30.6 Å². The fourth-order valence-electron chi connectivity index (χ4n) is 3.05. The number of aliphatic hydroxyl groups is 1. The largest absolute Gasteiger partial charge is 0.487 e. The SMILES string of the molecule is CC(Oc1ccc(C(=O)Nc2nnc(-c3ccncc3)s2)cc1OCCO)c1ccccc1. The summed E-state index contributed by atoms with van der Waals surface area (Å²) >= 11 is 1.27. The Bertz CT molecular complexity index is 1200. The molecule has 4 rings (SSSR count). The number of nitrogens with one attached hydrogen (secondary N) is 1. The Hall–Kier alpha value is -3.82. The number of carbonyl (C=O) groups excluding carboxylic acids is 1. The number of hydrogen-bond donors (Lipinski definition) is 2. The molecule has 0 aliphatic rings. The maximum Gasteiger partial charge on any atom is 0.257 e. The van der Waals surface area contributed by atoms with Gasteiger partial charge in [-0.3, -0.25) is 15.1 Å². The van der Waals surface area contributed by atoms with Crippen LogP contribution in [0, 0.1) is 0 Å². The number of pyridine rings is 1. The number of ether oxygens (including phenoxy) is 2. The van der Waals surface area contributed by atoms with Crippen molar-refractivity contribution in [3.05, 3.63) is 84.2 Å². The summed E-state index contributed by atoms with van der Waals surface area (Å²) in [7, 11) is 0. The molecule has 0 radical (unpaired) electrons. The molecular weight excluding hydrogens is 440 g/mol. The summed E-state index contributed by atoms with van der Waals surface area (Å²) in [6.45, 7) is 1.85. The number of anilines is 1. The molecule has 0 saturated heterocycles. The molecule has 2 aromatic heterocycles. The van der Waals surface area contributed by atoms with Gasteiger partial charge in [0.25, 0.3) is 5.91 Å². The van der Waals surface area contributed by atoms with E-state index in [4.69, 9.17) is 9.47 Å². The molecule has 2 heterocycles. The number of hydrogen-bond acceptors (Lipinski definition) is 8. The summed E-state index contributed by atoms with van der Waals surface area (Å²) in [5, 5.41) is 21.2. The van der Waals surface area contributed by atoms with Crippen molar-refractivity contribution in [2.24, 2.45) is 0 Å². The van der Waals surface area contributed by atoms with E-state index in [1.165, 1.54) is 11.3 Å². The minimum atomic E-state index is -0.357. The number of aromatic nitrogens is 3. The molecule has 33 heavy (non-hydrogen) atoms. The first-order valence-electron chi connectivity index (χ1n) is 10.3. The number of rotatable bonds is 9. The van der Waals surface area contributed by atoms with Crippen LogP contribution >= 0.6 is 11.3 Å². The van der Waals surface area contributed by atoms with E-state index < -0.39 is 0 Å². The maximum absolute atomic E-state index is 12.8. The van der Waals surface area contributed by atoms with Crippen molar-refractivity contribution in [2.75, 3.05) is 18.5 Å². The Morgan fingerprint density at radius 1 is 1.06 bits per heavy atom. The van der Waals surface area contributed by atoms with E-state index in [0.29, 0.717) is 27.2 Å². The molecule has 1 atom stereocenters. The van der Waals surface area contributed by atoms with Gasteiger partial charge in [0, 0.05) is 23.5 Å². The van der Waals surface area contributed by atoms with Crippen LogP contribution in [0.25, 0.3) is 10.6 Å². The number of aliphatic hydroxyl groups excluding tert-OH is 1. The average Bonchev–Trinajstić information content (AvgIpc) is 3.33. The lowest BCUT2D eigenvalue weighted by Crippen LogP contribution is -2.13. The van der Waals surface area contributed by atoms with Gasteiger partial charge >= 0.3 is 0 Å². The molecule has 0 saturated carbocycles. The minimum Gasteiger partial charge on any atom is -0.487 e. The third-order valence-electron chi connectivity index (χ3n) is 4.70. The lowest BCUT2D eigenvalue weighted by molar-refractivity contribution is 0.102. The third kappa shape index (κ3) is 5.71. The van der Waals surface area contributed by atoms with E-state index >= 15 is 0 Å².